The normalized spacial score (nSPS) is 13.2. The zero-order chi connectivity index (χ0) is 70.5. The molecule has 2 aliphatic rings. The molecule has 0 saturated carbocycles. The summed E-state index contributed by atoms with van der Waals surface area (Å²) in [4.78, 5) is 0. The molecule has 0 bridgehead atoms. The highest BCUT2D eigenvalue weighted by Crippen LogP contribution is 2.54. The molecular weight excluding hydrogens is 1280 g/mol. The molecule has 2 aliphatic carbocycles. The molecule has 0 unspecified atom stereocenters. The number of para-hydroxylation sites is 5. The Morgan fingerprint density at radius 3 is 0.915 bits per heavy atom. The molecule has 16 aromatic carbocycles. The van der Waals surface area contributed by atoms with Gasteiger partial charge in [-0.3, -0.25) is 0 Å². The van der Waals surface area contributed by atoms with Gasteiger partial charge < -0.3 is 18.3 Å². The number of hydrogen-bond acceptors (Lipinski definition) is 0. The summed E-state index contributed by atoms with van der Waals surface area (Å²) >= 11 is 0. The number of fused-ring (bicyclic) bond motifs is 18. The van der Waals surface area contributed by atoms with E-state index in [0.29, 0.717) is 0 Å². The maximum absolute atomic E-state index is 2.50. The first kappa shape index (κ1) is 61.4. The lowest BCUT2D eigenvalue weighted by Crippen LogP contribution is -2.18. The van der Waals surface area contributed by atoms with Crippen molar-refractivity contribution < 1.29 is 0 Å². The van der Waals surface area contributed by atoms with Crippen molar-refractivity contribution in [1.29, 1.82) is 0 Å². The second-order valence-electron chi connectivity index (χ2n) is 29.9. The van der Waals surface area contributed by atoms with Gasteiger partial charge in [-0.2, -0.15) is 0 Å². The first-order valence-electron chi connectivity index (χ1n) is 37.1. The Morgan fingerprint density at radius 1 is 0.179 bits per heavy atom. The Balaban J connectivity index is 0.000000136. The Morgan fingerprint density at radius 2 is 0.472 bits per heavy atom. The first-order valence-corrected chi connectivity index (χ1v) is 37.1. The van der Waals surface area contributed by atoms with E-state index in [4.69, 9.17) is 0 Å². The average Bonchev–Trinajstić information content (AvgIpc) is 1.56. The summed E-state index contributed by atoms with van der Waals surface area (Å²) in [5.74, 6) is 0. The van der Waals surface area contributed by atoms with Gasteiger partial charge >= 0.3 is 0 Å². The fraction of sp³-hybridized carbons (Fsp3) is 0.0588. The predicted molar refractivity (Wildman–Crippen MR) is 447 cm³/mol. The minimum Gasteiger partial charge on any atom is -0.309 e. The van der Waals surface area contributed by atoms with Gasteiger partial charge in [0.15, 0.2) is 0 Å². The van der Waals surface area contributed by atoms with E-state index in [1.165, 1.54) is 199 Å². The van der Waals surface area contributed by atoms with E-state index >= 15 is 0 Å². The van der Waals surface area contributed by atoms with Crippen molar-refractivity contribution in [3.63, 3.8) is 0 Å². The van der Waals surface area contributed by atoms with Gasteiger partial charge in [-0.15, -0.1) is 0 Å². The predicted octanol–water partition coefficient (Wildman–Crippen LogP) is 27.0. The van der Waals surface area contributed by atoms with Crippen LogP contribution < -0.4 is 0 Å². The quantitative estimate of drug-likeness (QED) is 0.144. The van der Waals surface area contributed by atoms with Crippen molar-refractivity contribution in [3.8, 4) is 89.5 Å². The second kappa shape index (κ2) is 23.6. The van der Waals surface area contributed by atoms with Gasteiger partial charge in [0.1, 0.15) is 0 Å². The van der Waals surface area contributed by atoms with Crippen LogP contribution in [0.25, 0.3) is 177 Å². The zero-order valence-corrected chi connectivity index (χ0v) is 59.4. The average molecular weight is 1350 g/mol. The molecule has 22 rings (SSSR count). The van der Waals surface area contributed by atoms with E-state index in [1.807, 2.05) is 0 Å². The second-order valence-corrected chi connectivity index (χ2v) is 29.9. The highest BCUT2D eigenvalue weighted by molar-refractivity contribution is 6.15. The fourth-order valence-corrected chi connectivity index (χ4v) is 18.7. The Labute approximate surface area is 615 Å². The molecule has 0 N–H and O–H groups in total. The van der Waals surface area contributed by atoms with Crippen molar-refractivity contribution in [3.05, 3.63) is 386 Å². The topological polar surface area (TPSA) is 19.7 Å². The lowest BCUT2D eigenvalue weighted by atomic mass is 9.81. The molecule has 0 saturated heterocycles. The maximum atomic E-state index is 2.50. The molecule has 0 aliphatic heterocycles. The third-order valence-electron chi connectivity index (χ3n) is 23.4. The van der Waals surface area contributed by atoms with E-state index in [2.05, 4.69) is 410 Å². The van der Waals surface area contributed by atoms with Gasteiger partial charge in [0.2, 0.25) is 0 Å². The van der Waals surface area contributed by atoms with Crippen LogP contribution in [0.15, 0.2) is 364 Å². The van der Waals surface area contributed by atoms with E-state index in [1.54, 1.807) is 0 Å². The highest BCUT2D eigenvalue weighted by Gasteiger charge is 2.40. The van der Waals surface area contributed by atoms with Crippen LogP contribution in [0.2, 0.25) is 0 Å². The molecule has 106 heavy (non-hydrogen) atoms. The number of aromatic nitrogens is 4. The Hall–Kier alpha value is -13.3. The van der Waals surface area contributed by atoms with Crippen LogP contribution in [-0.4, -0.2) is 18.3 Å². The molecule has 4 heteroatoms. The molecule has 4 heterocycles. The van der Waals surface area contributed by atoms with Gasteiger partial charge in [0.05, 0.1) is 61.2 Å². The van der Waals surface area contributed by atoms with Crippen molar-refractivity contribution in [1.82, 2.24) is 18.3 Å². The SMILES string of the molecule is CC1(C)c2ccccc2-c2cccc(-n3c4ccccc4c4cc(-c5ccc6c(c5)c5ccccc5n6-c5cccc(-c6ccccc6)c5)ccc43)c21.CC1(C)c2ccccc2-c2cccc(-n3c4ccccc4c4cc(-c5ccc6c(c5)c5ccccc5n6-c5ccccc5-c5ccccc5)ccc43)c21. The van der Waals surface area contributed by atoms with Crippen LogP contribution in [0, 0.1) is 0 Å². The third kappa shape index (κ3) is 9.20. The maximum Gasteiger partial charge on any atom is 0.0541 e. The lowest BCUT2D eigenvalue weighted by Gasteiger charge is -2.25. The molecule has 500 valence electrons. The molecule has 0 radical (unpaired) electrons. The summed E-state index contributed by atoms with van der Waals surface area (Å²) in [6.45, 7) is 9.50. The Kier molecular flexibility index (Phi) is 13.7. The molecule has 0 amide bonds. The van der Waals surface area contributed by atoms with Crippen LogP contribution in [0.4, 0.5) is 0 Å². The minimum atomic E-state index is -0.115. The monoisotopic (exact) mass is 1350 g/mol. The third-order valence-corrected chi connectivity index (χ3v) is 23.4. The number of benzene rings is 16. The van der Waals surface area contributed by atoms with Crippen LogP contribution in [0.1, 0.15) is 49.9 Å². The van der Waals surface area contributed by atoms with Crippen LogP contribution in [0.5, 0.6) is 0 Å². The van der Waals surface area contributed by atoms with Gasteiger partial charge in [-0.25, -0.2) is 0 Å². The summed E-state index contributed by atoms with van der Waals surface area (Å²) in [6, 6.07) is 134. The number of hydrogen-bond donors (Lipinski definition) is 0. The molecule has 0 spiro atoms. The van der Waals surface area contributed by atoms with Crippen LogP contribution in [0.3, 0.4) is 0 Å². The fourth-order valence-electron chi connectivity index (χ4n) is 18.7. The van der Waals surface area contributed by atoms with Gasteiger partial charge in [-0.05, 0) is 187 Å². The number of nitrogens with zero attached hydrogens (tertiary/aromatic N) is 4. The summed E-state index contributed by atoms with van der Waals surface area (Å²) in [5.41, 5.74) is 35.1. The summed E-state index contributed by atoms with van der Waals surface area (Å²) in [7, 11) is 0. The van der Waals surface area contributed by atoms with Crippen LogP contribution in [-0.2, 0) is 10.8 Å². The summed E-state index contributed by atoms with van der Waals surface area (Å²) < 4.78 is 9.85. The van der Waals surface area contributed by atoms with Crippen molar-refractivity contribution in [2.24, 2.45) is 0 Å². The van der Waals surface area contributed by atoms with Crippen molar-refractivity contribution >= 4 is 87.2 Å². The van der Waals surface area contributed by atoms with Crippen LogP contribution >= 0.6 is 0 Å². The molecule has 20 aromatic rings. The van der Waals surface area contributed by atoms with Gasteiger partial charge in [0, 0.05) is 65.2 Å². The standard InChI is InChI=1S/2C51H36N2/c1-51(2)43-22-10-6-18-37(43)40-21-14-26-49(50(40)51)53-46-25-13-9-20-39(46)42-32-35(28-30-48(42)53)34-27-29-47-41(31-34)38-19-8-12-24-45(38)52(47)44-23-11-7-17-36(44)33-15-4-3-5-16-33;1-51(2)44-22-9-6-18-38(44)41-21-13-25-49(50(41)51)53-46-24-11-8-20-40(46)43-32-36(27-29-48(43)53)35-26-28-47-42(31-35)39-19-7-10-23-45(39)52(47)37-17-12-16-34(30-37)33-14-4-3-5-15-33/h2*3-32H,1-2H3. The number of rotatable bonds is 8. The molecule has 0 atom stereocenters. The van der Waals surface area contributed by atoms with E-state index in [0.717, 1.165) is 0 Å². The molecular formula is C102H72N4. The zero-order valence-electron chi connectivity index (χ0n) is 59.4. The van der Waals surface area contributed by atoms with E-state index in [9.17, 15) is 0 Å². The molecule has 4 nitrogen and oxygen atoms in total. The Bertz CT molecular complexity index is 7010. The molecule has 0 fully saturated rings. The van der Waals surface area contributed by atoms with Gasteiger partial charge in [0.25, 0.3) is 0 Å². The van der Waals surface area contributed by atoms with E-state index in [-0.39, 0.29) is 10.8 Å². The largest absolute Gasteiger partial charge is 0.309 e. The summed E-state index contributed by atoms with van der Waals surface area (Å²) in [6.07, 6.45) is 0. The lowest BCUT2D eigenvalue weighted by molar-refractivity contribution is 0.656. The summed E-state index contributed by atoms with van der Waals surface area (Å²) in [5, 5.41) is 10.1. The smallest absolute Gasteiger partial charge is 0.0541 e. The van der Waals surface area contributed by atoms with Crippen molar-refractivity contribution in [2.75, 3.05) is 0 Å². The molecule has 4 aromatic heterocycles. The van der Waals surface area contributed by atoms with E-state index < -0.39 is 0 Å². The highest BCUT2D eigenvalue weighted by atomic mass is 15.0. The van der Waals surface area contributed by atoms with Crippen molar-refractivity contribution in [2.45, 2.75) is 38.5 Å². The van der Waals surface area contributed by atoms with Gasteiger partial charge in [-0.1, -0.05) is 289 Å². The first-order chi connectivity index (χ1) is 52.1. The minimum absolute atomic E-state index is 0.113.